The highest BCUT2D eigenvalue weighted by atomic mass is 16.6. The van der Waals surface area contributed by atoms with Gasteiger partial charge in [-0.25, -0.2) is 4.79 Å². The first-order valence-corrected chi connectivity index (χ1v) is 33.8. The second kappa shape index (κ2) is 37.4. The summed E-state index contributed by atoms with van der Waals surface area (Å²) in [6.07, 6.45) is 0.599. The number of carboxylic acid groups (broad SMARTS) is 1. The number of aliphatic hydroxyl groups excluding tert-OH is 1. The number of aliphatic hydroxyl groups is 1. The number of likely N-dealkylation sites (tertiary alicyclic amines) is 2. The number of nitrogens with zero attached hydrogens (tertiary/aromatic N) is 5. The van der Waals surface area contributed by atoms with E-state index in [0.717, 1.165) is 22.0 Å². The molecular formula is C70H104N10O17. The van der Waals surface area contributed by atoms with Gasteiger partial charge in [0, 0.05) is 78.6 Å². The van der Waals surface area contributed by atoms with Crippen LogP contribution in [0, 0.1) is 29.6 Å². The van der Waals surface area contributed by atoms with Gasteiger partial charge >= 0.3 is 12.1 Å². The molecule has 3 heterocycles. The Balaban J connectivity index is 1.18. The molecule has 536 valence electrons. The van der Waals surface area contributed by atoms with Gasteiger partial charge in [-0.1, -0.05) is 111 Å². The number of imide groups is 1. The molecule has 0 unspecified atom stereocenters. The van der Waals surface area contributed by atoms with E-state index in [2.05, 4.69) is 26.6 Å². The number of anilines is 1. The van der Waals surface area contributed by atoms with Gasteiger partial charge in [0.05, 0.1) is 48.8 Å². The molecule has 27 heteroatoms. The molecule has 5 rings (SSSR count). The molecular weight excluding hydrogens is 1250 g/mol. The number of rotatable bonds is 36. The fraction of sp³-hybridized carbons (Fsp3) is 0.629. The third-order valence-electron chi connectivity index (χ3n) is 18.6. The molecule has 0 saturated carbocycles. The van der Waals surface area contributed by atoms with E-state index in [1.54, 1.807) is 77.8 Å². The van der Waals surface area contributed by atoms with Crippen LogP contribution in [0.2, 0.25) is 0 Å². The average molecular weight is 1360 g/mol. The predicted octanol–water partition coefficient (Wildman–Crippen LogP) is 4.70. The first kappa shape index (κ1) is 79.4. The molecule has 2 fully saturated rings. The van der Waals surface area contributed by atoms with Crippen molar-refractivity contribution in [3.8, 4) is 0 Å². The fourth-order valence-corrected chi connectivity index (χ4v) is 13.0. The van der Waals surface area contributed by atoms with Crippen LogP contribution in [-0.4, -0.2) is 214 Å². The van der Waals surface area contributed by atoms with Gasteiger partial charge in [-0.05, 0) is 92.4 Å². The zero-order valence-electron chi connectivity index (χ0n) is 58.7. The molecule has 0 aromatic heterocycles. The number of ether oxygens (including phenoxy) is 3. The Labute approximate surface area is 569 Å². The standard InChI is InChI=1S/C70H104N10O17/c1-15-43(8)61(53(95-13)38-57(84)78-34-19-23-51(78)63(96-14)44(9)64(88)71-45(10)62(87)47-21-17-16-18-22-47)76(11)69(93)59(41(4)5)75-68(92)60(42(6)7)77(12)70(94)97-39-46-25-27-48(28-26-46)72-65(89)49(29-32-58(85)86)73-66(90)50(37-40(2)3)74-67(91)52-24-20-35-79(52)56(83)33-36-80-54(81)30-31-55(80)82/h16-18,21-22,25-28,30-31,40-45,49-53,59-63,87H,15,19-20,23-24,29,32-39H2,1-14H3,(H,71,88)(H,72,89)(H,73,90)(H,74,91)(H,75,92)(H,85,86)/t43-,44+,45+,49-,50-,51-,52-,53+,59-,60-,61-,62+,63+/m0/s1. The van der Waals surface area contributed by atoms with Crippen LogP contribution in [0.15, 0.2) is 66.7 Å². The number of hydrogen-bond donors (Lipinski definition) is 7. The van der Waals surface area contributed by atoms with Crippen LogP contribution in [0.25, 0.3) is 0 Å². The van der Waals surface area contributed by atoms with Crippen molar-refractivity contribution in [2.75, 3.05) is 53.3 Å². The van der Waals surface area contributed by atoms with Crippen LogP contribution in [0.3, 0.4) is 0 Å². The molecule has 11 amide bonds. The summed E-state index contributed by atoms with van der Waals surface area (Å²) in [4.78, 5) is 169. The summed E-state index contributed by atoms with van der Waals surface area (Å²) in [5.41, 5.74) is 1.38. The summed E-state index contributed by atoms with van der Waals surface area (Å²) in [7, 11) is 6.03. The maximum atomic E-state index is 14.8. The zero-order valence-corrected chi connectivity index (χ0v) is 58.7. The van der Waals surface area contributed by atoms with E-state index in [1.165, 1.54) is 43.2 Å². The largest absolute Gasteiger partial charge is 0.481 e. The minimum Gasteiger partial charge on any atom is -0.481 e. The quantitative estimate of drug-likeness (QED) is 0.0454. The molecule has 0 aliphatic carbocycles. The van der Waals surface area contributed by atoms with Crippen LogP contribution in [-0.2, 0) is 73.6 Å². The Morgan fingerprint density at radius 2 is 1.31 bits per heavy atom. The molecule has 3 aliphatic heterocycles. The van der Waals surface area contributed by atoms with Crippen molar-refractivity contribution < 1.29 is 82.0 Å². The van der Waals surface area contributed by atoms with E-state index in [9.17, 15) is 67.7 Å². The maximum absolute atomic E-state index is 14.8. The SMILES string of the molecule is CC[C@H](C)[C@@H]([C@@H](CC(=O)N1CCC[C@H]1[C@H](OC)[C@@H](C)C(=O)N[C@H](C)[C@@H](O)c1ccccc1)OC)N(C)C(=O)[C@@H](NC(=O)[C@H](C(C)C)N(C)C(=O)OCc1ccc(NC(=O)[C@H](CCC(=O)O)NC(=O)[C@H](CC(C)C)NC(=O)[C@@H]2CCCN2C(=O)CCN2C(=O)C=CC2=O)cc1)C(C)C. The number of carbonyl (C=O) groups excluding carboxylic acids is 11. The van der Waals surface area contributed by atoms with E-state index in [4.69, 9.17) is 14.2 Å². The minimum atomic E-state index is -1.38. The van der Waals surface area contributed by atoms with Crippen LogP contribution in [0.4, 0.5) is 10.5 Å². The lowest BCUT2D eigenvalue weighted by Crippen LogP contribution is -2.60. The van der Waals surface area contributed by atoms with E-state index in [-0.39, 0.29) is 74.7 Å². The van der Waals surface area contributed by atoms with Gasteiger partial charge in [0.1, 0.15) is 36.8 Å². The van der Waals surface area contributed by atoms with Crippen molar-refractivity contribution in [1.29, 1.82) is 0 Å². The number of hydrogen-bond acceptors (Lipinski definition) is 16. The summed E-state index contributed by atoms with van der Waals surface area (Å²) >= 11 is 0. The molecule has 0 radical (unpaired) electrons. The zero-order chi connectivity index (χ0) is 72.1. The summed E-state index contributed by atoms with van der Waals surface area (Å²) in [5.74, 6) is -8.46. The molecule has 3 aliphatic rings. The van der Waals surface area contributed by atoms with Gasteiger partial charge in [0.15, 0.2) is 0 Å². The molecule has 13 atom stereocenters. The molecule has 27 nitrogen and oxygen atoms in total. The molecule has 97 heavy (non-hydrogen) atoms. The van der Waals surface area contributed by atoms with Crippen molar-refractivity contribution in [3.05, 3.63) is 77.9 Å². The van der Waals surface area contributed by atoms with E-state index in [0.29, 0.717) is 49.8 Å². The molecule has 2 aromatic carbocycles. The lowest BCUT2D eigenvalue weighted by molar-refractivity contribution is -0.148. The second-order valence-electron chi connectivity index (χ2n) is 26.9. The Hall–Kier alpha value is -8.30. The van der Waals surface area contributed by atoms with Crippen molar-refractivity contribution >= 4 is 76.8 Å². The lowest BCUT2D eigenvalue weighted by Gasteiger charge is -2.41. The number of aliphatic carboxylic acids is 1. The number of benzene rings is 2. The van der Waals surface area contributed by atoms with Crippen molar-refractivity contribution in [3.63, 3.8) is 0 Å². The Kier molecular flexibility index (Phi) is 30.6. The minimum absolute atomic E-state index is 0.103. The molecule has 7 N–H and O–H groups in total. The van der Waals surface area contributed by atoms with Gasteiger partial charge in [-0.15, -0.1) is 0 Å². The third kappa shape index (κ3) is 21.8. The fourth-order valence-electron chi connectivity index (χ4n) is 13.0. The molecule has 2 aromatic rings. The van der Waals surface area contributed by atoms with Crippen LogP contribution < -0.4 is 26.6 Å². The van der Waals surface area contributed by atoms with Gasteiger partial charge in [0.2, 0.25) is 47.3 Å². The lowest BCUT2D eigenvalue weighted by atomic mass is 9.89. The van der Waals surface area contributed by atoms with Gasteiger partial charge in [-0.2, -0.15) is 0 Å². The number of nitrogens with one attached hydrogen (secondary N) is 5. The highest BCUT2D eigenvalue weighted by Gasteiger charge is 2.45. The summed E-state index contributed by atoms with van der Waals surface area (Å²) in [6.45, 7) is 18.3. The van der Waals surface area contributed by atoms with Crippen LogP contribution >= 0.6 is 0 Å². The van der Waals surface area contributed by atoms with Gasteiger partial charge in [-0.3, -0.25) is 62.5 Å². The van der Waals surface area contributed by atoms with E-state index < -0.39 is 150 Å². The molecule has 0 spiro atoms. The highest BCUT2D eigenvalue weighted by molar-refractivity contribution is 6.13. The van der Waals surface area contributed by atoms with Crippen molar-refractivity contribution in [2.45, 2.75) is 207 Å². The maximum Gasteiger partial charge on any atom is 0.410 e. The predicted molar refractivity (Wildman–Crippen MR) is 359 cm³/mol. The van der Waals surface area contributed by atoms with Gasteiger partial charge in [0.25, 0.3) is 11.8 Å². The van der Waals surface area contributed by atoms with Crippen LogP contribution in [0.1, 0.15) is 151 Å². The summed E-state index contributed by atoms with van der Waals surface area (Å²) in [6, 6.07) is 7.77. The first-order chi connectivity index (χ1) is 45.8. The van der Waals surface area contributed by atoms with Gasteiger partial charge < -0.3 is 65.7 Å². The first-order valence-electron chi connectivity index (χ1n) is 33.8. The Morgan fingerprint density at radius 3 is 1.89 bits per heavy atom. The van der Waals surface area contributed by atoms with Crippen molar-refractivity contribution in [2.24, 2.45) is 29.6 Å². The Morgan fingerprint density at radius 1 is 0.680 bits per heavy atom. The number of carboxylic acids is 1. The third-order valence-corrected chi connectivity index (χ3v) is 18.6. The topological polar surface area (TPSA) is 349 Å². The monoisotopic (exact) mass is 1360 g/mol. The Bertz CT molecular complexity index is 3070. The molecule has 2 saturated heterocycles. The van der Waals surface area contributed by atoms with E-state index in [1.807, 2.05) is 45.9 Å². The second-order valence-corrected chi connectivity index (χ2v) is 26.9. The number of carbonyl (C=O) groups is 12. The summed E-state index contributed by atoms with van der Waals surface area (Å²) < 4.78 is 17.7. The number of methoxy groups -OCH3 is 2. The number of likely N-dealkylation sites (N-methyl/N-ethyl adjacent to an activating group) is 2. The number of amides is 11. The average Bonchev–Trinajstić information content (AvgIpc) is 1.80. The normalized spacial score (nSPS) is 18.8. The highest BCUT2D eigenvalue weighted by Crippen LogP contribution is 2.31. The van der Waals surface area contributed by atoms with E-state index >= 15 is 0 Å². The molecule has 0 bridgehead atoms. The van der Waals surface area contributed by atoms with Crippen LogP contribution in [0.5, 0.6) is 0 Å². The smallest absolute Gasteiger partial charge is 0.410 e. The van der Waals surface area contributed by atoms with Crippen molar-refractivity contribution in [1.82, 2.24) is 45.8 Å². The summed E-state index contributed by atoms with van der Waals surface area (Å²) in [5, 5.41) is 34.4.